The van der Waals surface area contributed by atoms with Crippen molar-refractivity contribution in [2.75, 3.05) is 39.3 Å². The van der Waals surface area contributed by atoms with Crippen LogP contribution in [-0.4, -0.2) is 71.7 Å². The van der Waals surface area contributed by atoms with E-state index in [1.54, 1.807) is 4.90 Å². The van der Waals surface area contributed by atoms with E-state index in [1.165, 1.54) is 5.56 Å². The number of likely N-dealkylation sites (tertiary alicyclic amines) is 3. The summed E-state index contributed by atoms with van der Waals surface area (Å²) in [5, 5.41) is 0. The molecule has 174 valence electrons. The van der Waals surface area contributed by atoms with E-state index in [0.717, 1.165) is 58.0 Å². The van der Waals surface area contributed by atoms with Crippen LogP contribution in [0.5, 0.6) is 0 Å². The van der Waals surface area contributed by atoms with Crippen molar-refractivity contribution in [3.63, 3.8) is 0 Å². The molecule has 0 radical (unpaired) electrons. The molecule has 3 amide bonds. The Morgan fingerprint density at radius 1 is 0.969 bits per heavy atom. The highest BCUT2D eigenvalue weighted by Crippen LogP contribution is 2.42. The lowest BCUT2D eigenvalue weighted by molar-refractivity contribution is -0.146. The molecule has 3 aliphatic heterocycles. The number of piperidine rings is 1. The normalized spacial score (nSPS) is 25.3. The van der Waals surface area contributed by atoms with Crippen LogP contribution < -0.4 is 0 Å². The van der Waals surface area contributed by atoms with Crippen LogP contribution in [0, 0.1) is 11.3 Å². The summed E-state index contributed by atoms with van der Waals surface area (Å²) < 4.78 is 0. The zero-order valence-corrected chi connectivity index (χ0v) is 19.4. The Hall–Kier alpha value is -2.37. The second-order valence-electron chi connectivity index (χ2n) is 9.98. The van der Waals surface area contributed by atoms with E-state index in [9.17, 15) is 14.4 Å². The molecule has 1 aromatic carbocycles. The number of hydrogen-bond donors (Lipinski definition) is 0. The lowest BCUT2D eigenvalue weighted by atomic mass is 9.69. The van der Waals surface area contributed by atoms with Gasteiger partial charge in [-0.25, -0.2) is 0 Å². The molecule has 0 aliphatic carbocycles. The molecule has 0 aromatic heterocycles. The van der Waals surface area contributed by atoms with Crippen molar-refractivity contribution >= 4 is 17.7 Å². The maximum absolute atomic E-state index is 13.7. The van der Waals surface area contributed by atoms with Gasteiger partial charge in [0.25, 0.3) is 0 Å². The molecule has 1 aromatic rings. The van der Waals surface area contributed by atoms with Crippen molar-refractivity contribution in [1.29, 1.82) is 0 Å². The van der Waals surface area contributed by atoms with Gasteiger partial charge in [0.1, 0.15) is 0 Å². The summed E-state index contributed by atoms with van der Waals surface area (Å²) in [6.45, 7) is 6.10. The van der Waals surface area contributed by atoms with E-state index < -0.39 is 0 Å². The van der Waals surface area contributed by atoms with Gasteiger partial charge in [0.2, 0.25) is 17.7 Å². The first-order chi connectivity index (χ1) is 15.5. The number of hydrogen-bond acceptors (Lipinski definition) is 3. The number of benzene rings is 1. The van der Waals surface area contributed by atoms with Crippen LogP contribution in [0.25, 0.3) is 0 Å². The van der Waals surface area contributed by atoms with Crippen LogP contribution in [-0.2, 0) is 20.8 Å². The van der Waals surface area contributed by atoms with Crippen LogP contribution >= 0.6 is 0 Å². The number of amides is 3. The molecular weight excluding hydrogens is 402 g/mol. The third-order valence-electron chi connectivity index (χ3n) is 7.91. The molecule has 0 N–H and O–H groups in total. The lowest BCUT2D eigenvalue weighted by Crippen LogP contribution is -2.51. The molecule has 4 rings (SSSR count). The second kappa shape index (κ2) is 10.1. The predicted molar refractivity (Wildman–Crippen MR) is 124 cm³/mol. The largest absolute Gasteiger partial charge is 0.342 e. The third-order valence-corrected chi connectivity index (χ3v) is 7.91. The van der Waals surface area contributed by atoms with Crippen molar-refractivity contribution in [2.24, 2.45) is 11.3 Å². The molecule has 0 bridgehead atoms. The SMILES string of the molecule is CC1(C2CCN(C(=O)CN3CCCC3=O)CC2)CCCCN(CCc2ccccc2)C1=O. The maximum Gasteiger partial charge on any atom is 0.242 e. The van der Waals surface area contributed by atoms with Gasteiger partial charge < -0.3 is 14.7 Å². The first kappa shape index (κ1) is 22.8. The Kier molecular flexibility index (Phi) is 7.17. The topological polar surface area (TPSA) is 60.9 Å². The first-order valence-corrected chi connectivity index (χ1v) is 12.4. The van der Waals surface area contributed by atoms with Crippen molar-refractivity contribution < 1.29 is 14.4 Å². The molecule has 0 spiro atoms. The standard InChI is InChI=1S/C26H37N3O3/c1-26(14-5-6-15-28(25(26)32)17-11-21-8-3-2-4-9-21)22-12-18-27(19-13-22)24(31)20-29-16-7-10-23(29)30/h2-4,8-9,22H,5-7,10-20H2,1H3. The van der Waals surface area contributed by atoms with Gasteiger partial charge in [0.15, 0.2) is 0 Å². The van der Waals surface area contributed by atoms with E-state index in [4.69, 9.17) is 0 Å². The highest BCUT2D eigenvalue weighted by atomic mass is 16.2. The fourth-order valence-electron chi connectivity index (χ4n) is 5.77. The average molecular weight is 440 g/mol. The molecule has 1 unspecified atom stereocenters. The van der Waals surface area contributed by atoms with Gasteiger partial charge in [0.05, 0.1) is 6.54 Å². The van der Waals surface area contributed by atoms with Crippen molar-refractivity contribution in [1.82, 2.24) is 14.7 Å². The molecule has 3 fully saturated rings. The Balaban J connectivity index is 1.34. The molecular formula is C26H37N3O3. The van der Waals surface area contributed by atoms with Crippen molar-refractivity contribution in [2.45, 2.75) is 58.3 Å². The van der Waals surface area contributed by atoms with E-state index in [1.807, 2.05) is 11.0 Å². The third kappa shape index (κ3) is 5.00. The van der Waals surface area contributed by atoms with Gasteiger partial charge in [-0.15, -0.1) is 0 Å². The Bertz CT molecular complexity index is 819. The maximum atomic E-state index is 13.7. The molecule has 32 heavy (non-hydrogen) atoms. The van der Waals surface area contributed by atoms with Crippen molar-refractivity contribution in [3.8, 4) is 0 Å². The fraction of sp³-hybridized carbons (Fsp3) is 0.654. The summed E-state index contributed by atoms with van der Waals surface area (Å²) in [6, 6.07) is 10.4. The van der Waals surface area contributed by atoms with Crippen LogP contribution in [0.2, 0.25) is 0 Å². The Morgan fingerprint density at radius 3 is 2.38 bits per heavy atom. The van der Waals surface area contributed by atoms with Gasteiger partial charge in [-0.2, -0.15) is 0 Å². The molecule has 1 atom stereocenters. The highest BCUT2D eigenvalue weighted by Gasteiger charge is 2.45. The summed E-state index contributed by atoms with van der Waals surface area (Å²) >= 11 is 0. The molecule has 3 saturated heterocycles. The van der Waals surface area contributed by atoms with Gasteiger partial charge in [-0.05, 0) is 50.0 Å². The predicted octanol–water partition coefficient (Wildman–Crippen LogP) is 3.11. The van der Waals surface area contributed by atoms with E-state index in [0.29, 0.717) is 37.9 Å². The minimum absolute atomic E-state index is 0.0560. The Labute approximate surface area is 191 Å². The number of nitrogens with zero attached hydrogens (tertiary/aromatic N) is 3. The minimum Gasteiger partial charge on any atom is -0.342 e. The smallest absolute Gasteiger partial charge is 0.242 e. The summed E-state index contributed by atoms with van der Waals surface area (Å²) in [4.78, 5) is 43.9. The van der Waals surface area contributed by atoms with Gasteiger partial charge in [-0.1, -0.05) is 43.7 Å². The van der Waals surface area contributed by atoms with E-state index in [-0.39, 0.29) is 23.8 Å². The summed E-state index contributed by atoms with van der Waals surface area (Å²) in [7, 11) is 0. The average Bonchev–Trinajstić information content (AvgIpc) is 3.16. The molecule has 3 heterocycles. The van der Waals surface area contributed by atoms with Crippen LogP contribution in [0.1, 0.15) is 57.4 Å². The fourth-order valence-corrected chi connectivity index (χ4v) is 5.77. The molecule has 6 heteroatoms. The molecule has 3 aliphatic rings. The second-order valence-corrected chi connectivity index (χ2v) is 9.98. The molecule has 6 nitrogen and oxygen atoms in total. The highest BCUT2D eigenvalue weighted by molar-refractivity contribution is 5.86. The Morgan fingerprint density at radius 2 is 1.69 bits per heavy atom. The van der Waals surface area contributed by atoms with Gasteiger partial charge in [-0.3, -0.25) is 14.4 Å². The minimum atomic E-state index is -0.340. The first-order valence-electron chi connectivity index (χ1n) is 12.4. The van der Waals surface area contributed by atoms with E-state index in [2.05, 4.69) is 36.1 Å². The quantitative estimate of drug-likeness (QED) is 0.684. The van der Waals surface area contributed by atoms with Gasteiger partial charge in [0, 0.05) is 44.6 Å². The molecule has 0 saturated carbocycles. The van der Waals surface area contributed by atoms with E-state index >= 15 is 0 Å². The monoisotopic (exact) mass is 439 g/mol. The number of carbonyl (C=O) groups is 3. The zero-order valence-electron chi connectivity index (χ0n) is 19.4. The van der Waals surface area contributed by atoms with Crippen molar-refractivity contribution in [3.05, 3.63) is 35.9 Å². The summed E-state index contributed by atoms with van der Waals surface area (Å²) in [6.07, 6.45) is 7.14. The van der Waals surface area contributed by atoms with Crippen LogP contribution in [0.15, 0.2) is 30.3 Å². The zero-order chi connectivity index (χ0) is 22.6. The summed E-state index contributed by atoms with van der Waals surface area (Å²) in [5.41, 5.74) is 0.933. The van der Waals surface area contributed by atoms with Crippen LogP contribution in [0.4, 0.5) is 0 Å². The number of carbonyl (C=O) groups excluding carboxylic acids is 3. The lowest BCUT2D eigenvalue weighted by Gasteiger charge is -2.43. The summed E-state index contributed by atoms with van der Waals surface area (Å²) in [5.74, 6) is 0.768. The van der Waals surface area contributed by atoms with Crippen LogP contribution in [0.3, 0.4) is 0 Å². The number of rotatable bonds is 6. The van der Waals surface area contributed by atoms with Gasteiger partial charge >= 0.3 is 0 Å².